The van der Waals surface area contributed by atoms with Gasteiger partial charge in [-0.25, -0.2) is 4.39 Å². The molecule has 1 atom stereocenters. The van der Waals surface area contributed by atoms with Gasteiger partial charge >= 0.3 is 0 Å². The molecule has 2 aromatic carbocycles. The molecule has 1 fully saturated rings. The Balaban J connectivity index is 1.73. The zero-order valence-corrected chi connectivity index (χ0v) is 13.0. The summed E-state index contributed by atoms with van der Waals surface area (Å²) in [4.78, 5) is 14.7. The topological polar surface area (TPSA) is 46.3 Å². The molecule has 0 radical (unpaired) electrons. The van der Waals surface area contributed by atoms with Crippen molar-refractivity contribution < 1.29 is 9.18 Å². The first-order valence-electron chi connectivity index (χ1n) is 8.02. The van der Waals surface area contributed by atoms with Gasteiger partial charge in [0.25, 0.3) is 5.91 Å². The number of benzene rings is 2. The van der Waals surface area contributed by atoms with Crippen LogP contribution in [0.25, 0.3) is 0 Å². The van der Waals surface area contributed by atoms with Crippen LogP contribution in [0.5, 0.6) is 0 Å². The highest BCUT2D eigenvalue weighted by Gasteiger charge is 2.29. The van der Waals surface area contributed by atoms with Crippen LogP contribution < -0.4 is 5.73 Å². The molecule has 0 aromatic heterocycles. The van der Waals surface area contributed by atoms with Crippen LogP contribution in [0.4, 0.5) is 4.39 Å². The first-order chi connectivity index (χ1) is 11.2. The highest BCUT2D eigenvalue weighted by molar-refractivity contribution is 5.94. The van der Waals surface area contributed by atoms with Gasteiger partial charge in [0, 0.05) is 24.7 Å². The summed E-state index contributed by atoms with van der Waals surface area (Å²) in [5, 5.41) is 0. The van der Waals surface area contributed by atoms with Crippen molar-refractivity contribution in [1.29, 1.82) is 0 Å². The van der Waals surface area contributed by atoms with E-state index in [0.29, 0.717) is 18.5 Å². The zero-order valence-electron chi connectivity index (χ0n) is 13.0. The van der Waals surface area contributed by atoms with Gasteiger partial charge < -0.3 is 10.6 Å². The molecule has 23 heavy (non-hydrogen) atoms. The van der Waals surface area contributed by atoms with E-state index in [-0.39, 0.29) is 17.8 Å². The Bertz CT molecular complexity index is 684. The van der Waals surface area contributed by atoms with Crippen molar-refractivity contribution in [3.8, 4) is 0 Å². The van der Waals surface area contributed by atoms with Gasteiger partial charge in [0.15, 0.2) is 0 Å². The van der Waals surface area contributed by atoms with Gasteiger partial charge in [-0.1, -0.05) is 24.3 Å². The summed E-state index contributed by atoms with van der Waals surface area (Å²) >= 11 is 0. The van der Waals surface area contributed by atoms with E-state index in [4.69, 9.17) is 5.73 Å². The summed E-state index contributed by atoms with van der Waals surface area (Å²) < 4.78 is 13.3. The van der Waals surface area contributed by atoms with Gasteiger partial charge in [0.2, 0.25) is 0 Å². The van der Waals surface area contributed by atoms with E-state index in [1.165, 1.54) is 6.07 Å². The minimum absolute atomic E-state index is 0.0486. The molecule has 3 nitrogen and oxygen atoms in total. The van der Waals surface area contributed by atoms with Crippen molar-refractivity contribution in [1.82, 2.24) is 4.90 Å². The normalized spacial score (nSPS) is 17.5. The molecule has 120 valence electrons. The molecule has 2 N–H and O–H groups in total. The highest BCUT2D eigenvalue weighted by Crippen LogP contribution is 2.24. The SMILES string of the molecule is NCc1ccc(C(=O)N2CCC[C@H]2Cc2cccc(F)c2)cc1. The van der Waals surface area contributed by atoms with Crippen molar-refractivity contribution in [3.63, 3.8) is 0 Å². The van der Waals surface area contributed by atoms with Crippen molar-refractivity contribution in [2.24, 2.45) is 5.73 Å². The Labute approximate surface area is 135 Å². The lowest BCUT2D eigenvalue weighted by Gasteiger charge is -2.25. The maximum Gasteiger partial charge on any atom is 0.254 e. The highest BCUT2D eigenvalue weighted by atomic mass is 19.1. The van der Waals surface area contributed by atoms with Gasteiger partial charge in [-0.2, -0.15) is 0 Å². The summed E-state index contributed by atoms with van der Waals surface area (Å²) in [6.07, 6.45) is 2.65. The van der Waals surface area contributed by atoms with E-state index >= 15 is 0 Å². The minimum atomic E-state index is -0.226. The summed E-state index contributed by atoms with van der Waals surface area (Å²) in [7, 11) is 0. The second kappa shape index (κ2) is 6.92. The van der Waals surface area contributed by atoms with Gasteiger partial charge in [-0.15, -0.1) is 0 Å². The summed E-state index contributed by atoms with van der Waals surface area (Å²) in [5.41, 5.74) is 8.23. The third-order valence-electron chi connectivity index (χ3n) is 4.43. The standard InChI is InChI=1S/C19H21FN2O/c20-17-4-1-3-15(11-17)12-18-5-2-10-22(18)19(23)16-8-6-14(13-21)7-9-16/h1,3-4,6-9,11,18H,2,5,10,12-13,21H2/t18-/m0/s1. The molecule has 1 saturated heterocycles. The van der Waals surface area contributed by atoms with Crippen LogP contribution in [0.15, 0.2) is 48.5 Å². The van der Waals surface area contributed by atoms with Crippen LogP contribution in [0, 0.1) is 5.82 Å². The molecule has 1 amide bonds. The van der Waals surface area contributed by atoms with E-state index < -0.39 is 0 Å². The lowest BCUT2D eigenvalue weighted by molar-refractivity contribution is 0.0736. The molecule has 0 saturated carbocycles. The van der Waals surface area contributed by atoms with E-state index in [1.54, 1.807) is 12.1 Å². The number of rotatable bonds is 4. The number of nitrogens with two attached hydrogens (primary N) is 1. The fraction of sp³-hybridized carbons (Fsp3) is 0.316. The summed E-state index contributed by atoms with van der Waals surface area (Å²) in [5.74, 6) is -0.178. The molecule has 1 heterocycles. The first kappa shape index (κ1) is 15.7. The van der Waals surface area contributed by atoms with Crippen molar-refractivity contribution in [3.05, 3.63) is 71.0 Å². The molecule has 0 aliphatic carbocycles. The number of carbonyl (C=O) groups is 1. The van der Waals surface area contributed by atoms with Gasteiger partial charge in [0.1, 0.15) is 5.82 Å². The number of hydrogen-bond acceptors (Lipinski definition) is 2. The predicted octanol–water partition coefficient (Wildman–Crippen LogP) is 3.13. The first-order valence-corrected chi connectivity index (χ1v) is 8.02. The second-order valence-corrected chi connectivity index (χ2v) is 6.03. The van der Waals surface area contributed by atoms with Crippen LogP contribution >= 0.6 is 0 Å². The van der Waals surface area contributed by atoms with Crippen LogP contribution in [0.1, 0.15) is 34.3 Å². The molecule has 2 aromatic rings. The average molecular weight is 312 g/mol. The number of amides is 1. The quantitative estimate of drug-likeness (QED) is 0.943. The molecule has 1 aliphatic rings. The lowest BCUT2D eigenvalue weighted by Crippen LogP contribution is -2.36. The lowest BCUT2D eigenvalue weighted by atomic mass is 10.0. The van der Waals surface area contributed by atoms with Crippen molar-refractivity contribution in [2.75, 3.05) is 6.54 Å². The molecule has 4 heteroatoms. The van der Waals surface area contributed by atoms with E-state index in [9.17, 15) is 9.18 Å². The molecule has 0 bridgehead atoms. The molecule has 0 unspecified atom stereocenters. The Kier molecular flexibility index (Phi) is 4.72. The number of carbonyl (C=O) groups excluding carboxylic acids is 1. The van der Waals surface area contributed by atoms with Crippen LogP contribution in [-0.2, 0) is 13.0 Å². The largest absolute Gasteiger partial charge is 0.335 e. The maximum atomic E-state index is 13.3. The molecular formula is C19H21FN2O. The predicted molar refractivity (Wildman–Crippen MR) is 88.5 cm³/mol. The maximum absolute atomic E-state index is 13.3. The Hall–Kier alpha value is -2.20. The molecule has 0 spiro atoms. The van der Waals surface area contributed by atoms with Gasteiger partial charge in [-0.3, -0.25) is 4.79 Å². The van der Waals surface area contributed by atoms with Gasteiger partial charge in [-0.05, 0) is 54.7 Å². The molecule has 1 aliphatic heterocycles. The summed E-state index contributed by atoms with van der Waals surface area (Å²) in [6, 6.07) is 14.2. The van der Waals surface area contributed by atoms with E-state index in [0.717, 1.165) is 30.5 Å². The molecule has 3 rings (SSSR count). The van der Waals surface area contributed by atoms with E-state index in [2.05, 4.69) is 0 Å². The third-order valence-corrected chi connectivity index (χ3v) is 4.43. The van der Waals surface area contributed by atoms with Crippen molar-refractivity contribution in [2.45, 2.75) is 31.8 Å². The molecular weight excluding hydrogens is 291 g/mol. The minimum Gasteiger partial charge on any atom is -0.335 e. The number of hydrogen-bond donors (Lipinski definition) is 1. The average Bonchev–Trinajstić information content (AvgIpc) is 3.02. The van der Waals surface area contributed by atoms with Gasteiger partial charge in [0.05, 0.1) is 0 Å². The Morgan fingerprint density at radius 1 is 1.17 bits per heavy atom. The Morgan fingerprint density at radius 3 is 2.65 bits per heavy atom. The number of nitrogens with zero attached hydrogens (tertiary/aromatic N) is 1. The van der Waals surface area contributed by atoms with Crippen LogP contribution in [0.3, 0.4) is 0 Å². The fourth-order valence-corrected chi connectivity index (χ4v) is 3.20. The third kappa shape index (κ3) is 3.59. The number of halogens is 1. The second-order valence-electron chi connectivity index (χ2n) is 6.03. The smallest absolute Gasteiger partial charge is 0.254 e. The van der Waals surface area contributed by atoms with Crippen LogP contribution in [0.2, 0.25) is 0 Å². The fourth-order valence-electron chi connectivity index (χ4n) is 3.20. The monoisotopic (exact) mass is 312 g/mol. The van der Waals surface area contributed by atoms with Crippen LogP contribution in [-0.4, -0.2) is 23.4 Å². The van der Waals surface area contributed by atoms with E-state index in [1.807, 2.05) is 35.2 Å². The zero-order chi connectivity index (χ0) is 16.2. The Morgan fingerprint density at radius 2 is 1.96 bits per heavy atom. The van der Waals surface area contributed by atoms with Crippen molar-refractivity contribution >= 4 is 5.91 Å². The summed E-state index contributed by atoms with van der Waals surface area (Å²) in [6.45, 7) is 1.23. The number of likely N-dealkylation sites (tertiary alicyclic amines) is 1.